The van der Waals surface area contributed by atoms with E-state index in [-0.39, 0.29) is 5.56 Å². The lowest BCUT2D eigenvalue weighted by molar-refractivity contribution is 0.181. The van der Waals surface area contributed by atoms with E-state index >= 15 is 0 Å². The van der Waals surface area contributed by atoms with E-state index in [0.717, 1.165) is 32.7 Å². The average Bonchev–Trinajstić information content (AvgIpc) is 2.38. The third kappa shape index (κ3) is 3.41. The second-order valence-electron chi connectivity index (χ2n) is 4.75. The van der Waals surface area contributed by atoms with E-state index in [1.807, 2.05) is 12.3 Å². The van der Waals surface area contributed by atoms with E-state index in [1.165, 1.54) is 12.8 Å². The van der Waals surface area contributed by atoms with Gasteiger partial charge >= 0.3 is 0 Å². The van der Waals surface area contributed by atoms with Gasteiger partial charge in [-0.25, -0.2) is 0 Å². The van der Waals surface area contributed by atoms with Crippen LogP contribution in [-0.2, 0) is 6.54 Å². The summed E-state index contributed by atoms with van der Waals surface area (Å²) in [5, 5.41) is 0. The number of pyridine rings is 1. The molecule has 0 aliphatic carbocycles. The van der Waals surface area contributed by atoms with Gasteiger partial charge in [0.25, 0.3) is 5.56 Å². The number of likely N-dealkylation sites (tertiary alicyclic amines) is 1. The van der Waals surface area contributed by atoms with E-state index in [2.05, 4.69) is 4.90 Å². The summed E-state index contributed by atoms with van der Waals surface area (Å²) >= 11 is 0. The molecule has 0 radical (unpaired) electrons. The van der Waals surface area contributed by atoms with Crippen molar-refractivity contribution >= 4 is 0 Å². The largest absolute Gasteiger partial charge is 0.330 e. The predicted molar refractivity (Wildman–Crippen MR) is 68.9 cm³/mol. The lowest BCUT2D eigenvalue weighted by atomic mass is 9.97. The highest BCUT2D eigenvalue weighted by atomic mass is 16.1. The van der Waals surface area contributed by atoms with Crippen LogP contribution in [0.5, 0.6) is 0 Å². The van der Waals surface area contributed by atoms with E-state index in [4.69, 9.17) is 5.73 Å². The molecule has 1 aliphatic heterocycles. The molecule has 1 fully saturated rings. The summed E-state index contributed by atoms with van der Waals surface area (Å²) in [6.07, 6.45) is 4.25. The van der Waals surface area contributed by atoms with Gasteiger partial charge in [0.2, 0.25) is 0 Å². The van der Waals surface area contributed by atoms with Gasteiger partial charge in [-0.1, -0.05) is 6.07 Å². The third-order valence-corrected chi connectivity index (χ3v) is 3.60. The maximum absolute atomic E-state index is 11.5. The van der Waals surface area contributed by atoms with Crippen molar-refractivity contribution in [3.63, 3.8) is 0 Å². The summed E-state index contributed by atoms with van der Waals surface area (Å²) in [5.41, 5.74) is 5.76. The van der Waals surface area contributed by atoms with Crippen LogP contribution < -0.4 is 11.3 Å². The molecule has 0 atom stereocenters. The smallest absolute Gasteiger partial charge is 0.250 e. The van der Waals surface area contributed by atoms with Gasteiger partial charge in [-0.15, -0.1) is 0 Å². The fourth-order valence-electron chi connectivity index (χ4n) is 2.34. The fraction of sp³-hybridized carbons (Fsp3) is 0.615. The molecule has 17 heavy (non-hydrogen) atoms. The summed E-state index contributed by atoms with van der Waals surface area (Å²) in [5.74, 6) is 0.700. The van der Waals surface area contributed by atoms with Gasteiger partial charge in [0, 0.05) is 25.4 Å². The normalized spacial score (nSPS) is 18.4. The first-order chi connectivity index (χ1) is 8.29. The van der Waals surface area contributed by atoms with Gasteiger partial charge < -0.3 is 15.2 Å². The van der Waals surface area contributed by atoms with Crippen LogP contribution in [0.4, 0.5) is 0 Å². The maximum atomic E-state index is 11.5. The molecular weight excluding hydrogens is 214 g/mol. The van der Waals surface area contributed by atoms with E-state index in [9.17, 15) is 4.79 Å². The van der Waals surface area contributed by atoms with Crippen molar-refractivity contribution < 1.29 is 0 Å². The van der Waals surface area contributed by atoms with Gasteiger partial charge in [-0.2, -0.15) is 0 Å². The number of nitrogens with zero attached hydrogens (tertiary/aromatic N) is 2. The van der Waals surface area contributed by atoms with Crippen LogP contribution in [0.1, 0.15) is 12.8 Å². The van der Waals surface area contributed by atoms with E-state index in [0.29, 0.717) is 5.92 Å². The lowest BCUT2D eigenvalue weighted by Gasteiger charge is -2.31. The molecule has 4 heteroatoms. The molecule has 2 heterocycles. The van der Waals surface area contributed by atoms with Crippen molar-refractivity contribution in [2.24, 2.45) is 11.7 Å². The molecule has 1 aliphatic rings. The minimum atomic E-state index is 0.0874. The van der Waals surface area contributed by atoms with Gasteiger partial charge in [-0.05, 0) is 44.5 Å². The standard InChI is InChI=1S/C13H21N3O/c14-11-12-4-7-15(8-5-12)9-10-16-6-2-1-3-13(16)17/h1-3,6,12H,4-5,7-11,14H2. The molecule has 0 amide bonds. The molecule has 4 nitrogen and oxygen atoms in total. The number of aromatic nitrogens is 1. The highest BCUT2D eigenvalue weighted by Gasteiger charge is 2.17. The third-order valence-electron chi connectivity index (χ3n) is 3.60. The molecular formula is C13H21N3O. The van der Waals surface area contributed by atoms with Crippen LogP contribution in [0.3, 0.4) is 0 Å². The van der Waals surface area contributed by atoms with Crippen molar-refractivity contribution in [2.75, 3.05) is 26.2 Å². The topological polar surface area (TPSA) is 51.3 Å². The van der Waals surface area contributed by atoms with Gasteiger partial charge in [0.15, 0.2) is 0 Å². The molecule has 0 saturated carbocycles. The Morgan fingerprint density at radius 3 is 2.65 bits per heavy atom. The summed E-state index contributed by atoms with van der Waals surface area (Å²) in [6.45, 7) is 4.78. The molecule has 0 unspecified atom stereocenters. The number of piperidine rings is 1. The summed E-state index contributed by atoms with van der Waals surface area (Å²) in [7, 11) is 0. The number of nitrogens with two attached hydrogens (primary N) is 1. The molecule has 2 rings (SSSR count). The first kappa shape index (κ1) is 12.3. The Labute approximate surface area is 102 Å². The van der Waals surface area contributed by atoms with Crippen molar-refractivity contribution in [3.05, 3.63) is 34.7 Å². The SMILES string of the molecule is NCC1CCN(CCn2ccccc2=O)CC1. The molecule has 1 saturated heterocycles. The first-order valence-corrected chi connectivity index (χ1v) is 6.37. The Hall–Kier alpha value is -1.13. The zero-order chi connectivity index (χ0) is 12.1. The molecule has 0 bridgehead atoms. The quantitative estimate of drug-likeness (QED) is 0.827. The van der Waals surface area contributed by atoms with Crippen molar-refractivity contribution in [1.29, 1.82) is 0 Å². The highest BCUT2D eigenvalue weighted by molar-refractivity contribution is 4.93. The average molecular weight is 235 g/mol. The summed E-state index contributed by atoms with van der Waals surface area (Å²) in [4.78, 5) is 13.9. The minimum absolute atomic E-state index is 0.0874. The summed E-state index contributed by atoms with van der Waals surface area (Å²) in [6, 6.07) is 5.30. The number of rotatable bonds is 4. The van der Waals surface area contributed by atoms with Gasteiger partial charge in [0.1, 0.15) is 0 Å². The number of hydrogen-bond acceptors (Lipinski definition) is 3. The Morgan fingerprint density at radius 2 is 2.00 bits per heavy atom. The van der Waals surface area contributed by atoms with Crippen LogP contribution in [-0.4, -0.2) is 35.6 Å². The molecule has 2 N–H and O–H groups in total. The lowest BCUT2D eigenvalue weighted by Crippen LogP contribution is -2.38. The van der Waals surface area contributed by atoms with Crippen LogP contribution >= 0.6 is 0 Å². The van der Waals surface area contributed by atoms with Crippen LogP contribution in [0.25, 0.3) is 0 Å². The highest BCUT2D eigenvalue weighted by Crippen LogP contribution is 2.15. The molecule has 1 aromatic heterocycles. The van der Waals surface area contributed by atoms with Crippen LogP contribution in [0, 0.1) is 5.92 Å². The monoisotopic (exact) mass is 235 g/mol. The van der Waals surface area contributed by atoms with Crippen molar-refractivity contribution in [1.82, 2.24) is 9.47 Å². The Morgan fingerprint density at radius 1 is 1.24 bits per heavy atom. The van der Waals surface area contributed by atoms with E-state index in [1.54, 1.807) is 16.7 Å². The first-order valence-electron chi connectivity index (χ1n) is 6.37. The Balaban J connectivity index is 1.80. The zero-order valence-corrected chi connectivity index (χ0v) is 10.2. The van der Waals surface area contributed by atoms with E-state index < -0.39 is 0 Å². The Kier molecular flexibility index (Phi) is 4.34. The second-order valence-corrected chi connectivity index (χ2v) is 4.75. The maximum Gasteiger partial charge on any atom is 0.250 e. The summed E-state index contributed by atoms with van der Waals surface area (Å²) < 4.78 is 1.77. The molecule has 1 aromatic rings. The predicted octanol–water partition coefficient (Wildman–Crippen LogP) is 0.519. The minimum Gasteiger partial charge on any atom is -0.330 e. The number of hydrogen-bond donors (Lipinski definition) is 1. The molecule has 0 spiro atoms. The molecule has 0 aromatic carbocycles. The van der Waals surface area contributed by atoms with Crippen LogP contribution in [0.2, 0.25) is 0 Å². The second kappa shape index (κ2) is 5.98. The van der Waals surface area contributed by atoms with Gasteiger partial charge in [-0.3, -0.25) is 4.79 Å². The van der Waals surface area contributed by atoms with Gasteiger partial charge in [0.05, 0.1) is 0 Å². The van der Waals surface area contributed by atoms with Crippen molar-refractivity contribution in [3.8, 4) is 0 Å². The zero-order valence-electron chi connectivity index (χ0n) is 10.2. The van der Waals surface area contributed by atoms with Crippen molar-refractivity contribution in [2.45, 2.75) is 19.4 Å². The van der Waals surface area contributed by atoms with Crippen LogP contribution in [0.15, 0.2) is 29.2 Å². The Bertz CT molecular complexity index is 394. The fourth-order valence-corrected chi connectivity index (χ4v) is 2.34. The molecule has 94 valence electrons.